The van der Waals surface area contributed by atoms with Gasteiger partial charge in [-0.25, -0.2) is 0 Å². The van der Waals surface area contributed by atoms with Crippen molar-refractivity contribution in [3.05, 3.63) is 34.9 Å². The quantitative estimate of drug-likeness (QED) is 0.836. The molecule has 10 heteroatoms. The van der Waals surface area contributed by atoms with E-state index in [9.17, 15) is 35.9 Å². The number of alkyl halides is 6. The van der Waals surface area contributed by atoms with E-state index in [0.717, 1.165) is 6.92 Å². The lowest BCUT2D eigenvalue weighted by atomic mass is 10.0. The van der Waals surface area contributed by atoms with E-state index in [0.29, 0.717) is 0 Å². The fraction of sp³-hybridized carbons (Fsp3) is 0.333. The van der Waals surface area contributed by atoms with Crippen LogP contribution in [0.25, 0.3) is 0 Å². The zero-order chi connectivity index (χ0) is 17.3. The second-order valence-corrected chi connectivity index (χ2v) is 4.39. The summed E-state index contributed by atoms with van der Waals surface area (Å²) in [4.78, 5) is 22.4. The summed E-state index contributed by atoms with van der Waals surface area (Å²) in [5.74, 6) is -2.26. The molecule has 1 rings (SSSR count). The lowest BCUT2D eigenvalue weighted by molar-refractivity contribution is -0.143. The standard InChI is InChI=1S/C12H10F6N2O2/c1-5(9(19)21)20-10(22)6-2-7(11(13,14)15)4-8(3-6)12(16,17)18/h2-5H,1H3,(H2,19,21)(H,20,22)/t5-/m1/s1. The van der Waals surface area contributed by atoms with Crippen LogP contribution in [0.3, 0.4) is 0 Å². The van der Waals surface area contributed by atoms with Crippen molar-refractivity contribution in [2.45, 2.75) is 25.3 Å². The van der Waals surface area contributed by atoms with Crippen molar-refractivity contribution in [3.63, 3.8) is 0 Å². The SMILES string of the molecule is C[C@@H](NC(=O)c1cc(C(F)(F)F)cc(C(F)(F)F)c1)C(N)=O. The summed E-state index contributed by atoms with van der Waals surface area (Å²) in [5.41, 5.74) is 0.716. The molecule has 0 aliphatic carbocycles. The third-order valence-electron chi connectivity index (χ3n) is 2.62. The van der Waals surface area contributed by atoms with Crippen molar-refractivity contribution in [1.82, 2.24) is 5.32 Å². The van der Waals surface area contributed by atoms with E-state index in [1.807, 2.05) is 5.32 Å². The Labute approximate surface area is 120 Å². The molecule has 4 nitrogen and oxygen atoms in total. The van der Waals surface area contributed by atoms with Gasteiger partial charge in [-0.1, -0.05) is 0 Å². The topological polar surface area (TPSA) is 72.2 Å². The maximum absolute atomic E-state index is 12.6. The molecule has 2 amide bonds. The second-order valence-electron chi connectivity index (χ2n) is 4.39. The molecule has 0 fully saturated rings. The maximum atomic E-state index is 12.6. The maximum Gasteiger partial charge on any atom is 0.416 e. The first-order valence-electron chi connectivity index (χ1n) is 5.72. The van der Waals surface area contributed by atoms with Crippen LogP contribution in [0.4, 0.5) is 26.3 Å². The molecular weight excluding hydrogens is 318 g/mol. The Balaban J connectivity index is 3.30. The lowest BCUT2D eigenvalue weighted by Crippen LogP contribution is -2.42. The van der Waals surface area contributed by atoms with Crippen LogP contribution in [0.15, 0.2) is 18.2 Å². The van der Waals surface area contributed by atoms with Crippen molar-refractivity contribution in [3.8, 4) is 0 Å². The van der Waals surface area contributed by atoms with Crippen LogP contribution in [0, 0.1) is 0 Å². The molecule has 3 N–H and O–H groups in total. The Hall–Kier alpha value is -2.26. The summed E-state index contributed by atoms with van der Waals surface area (Å²) in [7, 11) is 0. The molecule has 1 aromatic carbocycles. The number of carbonyl (C=O) groups is 2. The van der Waals surface area contributed by atoms with Gasteiger partial charge in [-0.2, -0.15) is 26.3 Å². The van der Waals surface area contributed by atoms with Crippen molar-refractivity contribution in [2.24, 2.45) is 5.73 Å². The Morgan fingerprint density at radius 2 is 1.41 bits per heavy atom. The largest absolute Gasteiger partial charge is 0.416 e. The number of hydrogen-bond donors (Lipinski definition) is 2. The van der Waals surface area contributed by atoms with Crippen molar-refractivity contribution in [2.75, 3.05) is 0 Å². The molecule has 0 saturated carbocycles. The van der Waals surface area contributed by atoms with Crippen LogP contribution < -0.4 is 11.1 Å². The average molecular weight is 328 g/mol. The van der Waals surface area contributed by atoms with Gasteiger partial charge in [-0.15, -0.1) is 0 Å². The molecule has 1 atom stereocenters. The highest BCUT2D eigenvalue weighted by molar-refractivity contribution is 5.97. The highest BCUT2D eigenvalue weighted by Crippen LogP contribution is 2.36. The predicted molar refractivity (Wildman–Crippen MR) is 62.6 cm³/mol. The monoisotopic (exact) mass is 328 g/mol. The van der Waals surface area contributed by atoms with Gasteiger partial charge in [-0.05, 0) is 25.1 Å². The molecule has 0 aromatic heterocycles. The first-order chi connectivity index (χ1) is 9.82. The number of primary amides is 1. The van der Waals surface area contributed by atoms with Crippen molar-refractivity contribution < 1.29 is 35.9 Å². The molecule has 0 saturated heterocycles. The number of amides is 2. The third kappa shape index (κ3) is 4.37. The molecule has 0 radical (unpaired) electrons. The number of nitrogens with two attached hydrogens (primary N) is 1. The number of rotatable bonds is 3. The molecule has 0 spiro atoms. The van der Waals surface area contributed by atoms with Crippen LogP contribution in [0.2, 0.25) is 0 Å². The van der Waals surface area contributed by atoms with Gasteiger partial charge in [0.05, 0.1) is 11.1 Å². The Morgan fingerprint density at radius 1 is 1.00 bits per heavy atom. The van der Waals surface area contributed by atoms with E-state index >= 15 is 0 Å². The molecule has 122 valence electrons. The fourth-order valence-electron chi connectivity index (χ4n) is 1.44. The lowest BCUT2D eigenvalue weighted by Gasteiger charge is -2.15. The van der Waals surface area contributed by atoms with Gasteiger partial charge in [-0.3, -0.25) is 9.59 Å². The zero-order valence-corrected chi connectivity index (χ0v) is 11.0. The van der Waals surface area contributed by atoms with Crippen LogP contribution in [-0.4, -0.2) is 17.9 Å². The smallest absolute Gasteiger partial charge is 0.368 e. The molecular formula is C12H10F6N2O2. The number of carbonyl (C=O) groups excluding carboxylic acids is 2. The minimum atomic E-state index is -5.06. The molecule has 0 aliphatic heterocycles. The fourth-order valence-corrected chi connectivity index (χ4v) is 1.44. The summed E-state index contributed by atoms with van der Waals surface area (Å²) in [6, 6.07) is -0.832. The van der Waals surface area contributed by atoms with Crippen LogP contribution >= 0.6 is 0 Å². The second kappa shape index (κ2) is 5.85. The molecule has 0 unspecified atom stereocenters. The molecule has 0 aliphatic rings. The number of hydrogen-bond acceptors (Lipinski definition) is 2. The highest BCUT2D eigenvalue weighted by Gasteiger charge is 2.37. The first kappa shape index (κ1) is 17.8. The summed E-state index contributed by atoms with van der Waals surface area (Å²) in [5, 5.41) is 1.90. The summed E-state index contributed by atoms with van der Waals surface area (Å²) >= 11 is 0. The average Bonchev–Trinajstić information content (AvgIpc) is 2.35. The summed E-state index contributed by atoms with van der Waals surface area (Å²) in [6.45, 7) is 1.14. The van der Waals surface area contributed by atoms with E-state index in [-0.39, 0.29) is 18.2 Å². The van der Waals surface area contributed by atoms with Gasteiger partial charge in [0.1, 0.15) is 6.04 Å². The number of benzene rings is 1. The Morgan fingerprint density at radius 3 is 1.73 bits per heavy atom. The molecule has 22 heavy (non-hydrogen) atoms. The van der Waals surface area contributed by atoms with Crippen LogP contribution in [0.1, 0.15) is 28.4 Å². The Bertz CT molecular complexity index is 562. The van der Waals surface area contributed by atoms with Gasteiger partial charge >= 0.3 is 12.4 Å². The highest BCUT2D eigenvalue weighted by atomic mass is 19.4. The normalized spacial score (nSPS) is 13.6. The van der Waals surface area contributed by atoms with E-state index in [1.165, 1.54) is 0 Å². The van der Waals surface area contributed by atoms with E-state index in [4.69, 9.17) is 5.73 Å². The van der Waals surface area contributed by atoms with Gasteiger partial charge in [0, 0.05) is 5.56 Å². The third-order valence-corrected chi connectivity index (χ3v) is 2.62. The number of nitrogens with one attached hydrogen (secondary N) is 1. The van der Waals surface area contributed by atoms with E-state index in [2.05, 4.69) is 0 Å². The van der Waals surface area contributed by atoms with Crippen molar-refractivity contribution >= 4 is 11.8 Å². The zero-order valence-electron chi connectivity index (χ0n) is 11.0. The molecule has 0 bridgehead atoms. The summed E-state index contributed by atoms with van der Waals surface area (Å²) < 4.78 is 75.7. The van der Waals surface area contributed by atoms with Gasteiger partial charge in [0.2, 0.25) is 5.91 Å². The van der Waals surface area contributed by atoms with Gasteiger partial charge in [0.25, 0.3) is 5.91 Å². The number of halogens is 6. The molecule has 0 heterocycles. The minimum Gasteiger partial charge on any atom is -0.368 e. The van der Waals surface area contributed by atoms with Crippen molar-refractivity contribution in [1.29, 1.82) is 0 Å². The van der Waals surface area contributed by atoms with E-state index < -0.39 is 46.9 Å². The van der Waals surface area contributed by atoms with Gasteiger partial charge in [0.15, 0.2) is 0 Å². The first-order valence-corrected chi connectivity index (χ1v) is 5.72. The van der Waals surface area contributed by atoms with Crippen LogP contribution in [0.5, 0.6) is 0 Å². The Kier molecular flexibility index (Phi) is 4.73. The minimum absolute atomic E-state index is 0.103. The predicted octanol–water partition coefficient (Wildman–Crippen LogP) is 2.33. The molecule has 1 aromatic rings. The van der Waals surface area contributed by atoms with Crippen LogP contribution in [-0.2, 0) is 17.1 Å². The van der Waals surface area contributed by atoms with Gasteiger partial charge < -0.3 is 11.1 Å². The van der Waals surface area contributed by atoms with E-state index in [1.54, 1.807) is 0 Å². The summed E-state index contributed by atoms with van der Waals surface area (Å²) in [6.07, 6.45) is -10.1.